The molecule has 6 heteroatoms. The number of allylic oxidation sites excluding steroid dienone is 1. The van der Waals surface area contributed by atoms with Gasteiger partial charge in [0, 0.05) is 30.5 Å². The van der Waals surface area contributed by atoms with E-state index in [0.29, 0.717) is 16.8 Å². The van der Waals surface area contributed by atoms with E-state index in [0.717, 1.165) is 0 Å². The summed E-state index contributed by atoms with van der Waals surface area (Å²) >= 11 is 0. The van der Waals surface area contributed by atoms with Gasteiger partial charge in [0.25, 0.3) is 0 Å². The third-order valence-electron chi connectivity index (χ3n) is 3.72. The molecule has 1 aromatic heterocycles. The Labute approximate surface area is 170 Å². The lowest BCUT2D eigenvalue weighted by molar-refractivity contribution is 1.16. The molecular weight excluding hydrogens is 348 g/mol. The number of aryl methyl sites for hydroxylation is 2. The third kappa shape index (κ3) is 4.51. The van der Waals surface area contributed by atoms with Crippen LogP contribution in [0, 0.1) is 36.4 Å². The van der Waals surface area contributed by atoms with Crippen LogP contribution in [0.5, 0.6) is 0 Å². The number of hydrogen-bond donors (Lipinski definition) is 2. The summed E-state index contributed by atoms with van der Waals surface area (Å²) in [6.07, 6.45) is 4.10. The summed E-state index contributed by atoms with van der Waals surface area (Å²) in [5.41, 5.74) is 1.68. The molecule has 0 saturated heterocycles. The molecule has 0 aliphatic carbocycles. The van der Waals surface area contributed by atoms with Crippen molar-refractivity contribution in [2.24, 2.45) is 0 Å². The van der Waals surface area contributed by atoms with Crippen LogP contribution < -0.4 is 10.6 Å². The maximum atomic E-state index is 8.91. The van der Waals surface area contributed by atoms with E-state index >= 15 is 0 Å². The zero-order valence-corrected chi connectivity index (χ0v) is 14.6. The number of hydrogen-bond acceptors (Lipinski definition) is 6. The summed E-state index contributed by atoms with van der Waals surface area (Å²) in [7, 11) is 0. The maximum Gasteiger partial charge on any atom is 0.229 e. The normalized spacial score (nSPS) is 13.5. The van der Waals surface area contributed by atoms with Gasteiger partial charge in [0.15, 0.2) is 0 Å². The number of rotatable bonds is 5. The van der Waals surface area contributed by atoms with Gasteiger partial charge in [-0.05, 0) is 79.0 Å². The molecule has 2 aromatic carbocycles. The first kappa shape index (κ1) is 13.1. The van der Waals surface area contributed by atoms with Gasteiger partial charge in [0.2, 0.25) is 5.95 Å². The van der Waals surface area contributed by atoms with Gasteiger partial charge in [-0.25, -0.2) is 4.98 Å². The second kappa shape index (κ2) is 8.48. The molecule has 28 heavy (non-hydrogen) atoms. The predicted octanol–water partition coefficient (Wildman–Crippen LogP) is 4.99. The quantitative estimate of drug-likeness (QED) is 0.613. The van der Waals surface area contributed by atoms with E-state index in [4.69, 9.17) is 17.4 Å². The second-order valence-corrected chi connectivity index (χ2v) is 5.70. The van der Waals surface area contributed by atoms with Crippen molar-refractivity contribution in [1.29, 1.82) is 10.5 Å². The highest BCUT2D eigenvalue weighted by atomic mass is 15.1. The molecule has 0 spiro atoms. The van der Waals surface area contributed by atoms with Crippen molar-refractivity contribution in [2.75, 3.05) is 10.6 Å². The molecule has 0 bridgehead atoms. The standard InChI is InChI=1S/C22H18N6/c1-15-12-18(4-3-10-23)13-16(2)21(15)27-20-9-11-25-22(28-20)26-19-7-5-17(14-24)6-8-19/h3-9,11-13H,1-2H3,(H2,25,26,27,28)/b4-3+/i1D2,2D3. The minimum absolute atomic E-state index is 0.0853. The van der Waals surface area contributed by atoms with E-state index in [-0.39, 0.29) is 28.6 Å². The third-order valence-corrected chi connectivity index (χ3v) is 3.72. The summed E-state index contributed by atoms with van der Waals surface area (Å²) in [5, 5.41) is 23.6. The lowest BCUT2D eigenvalue weighted by Gasteiger charge is -2.14. The van der Waals surface area contributed by atoms with Crippen LogP contribution in [0.15, 0.2) is 54.7 Å². The lowest BCUT2D eigenvalue weighted by atomic mass is 10.0. The van der Waals surface area contributed by atoms with Gasteiger partial charge in [0.1, 0.15) is 5.82 Å². The first-order valence-corrected chi connectivity index (χ1v) is 8.17. The molecule has 6 nitrogen and oxygen atoms in total. The molecule has 0 unspecified atom stereocenters. The highest BCUT2D eigenvalue weighted by Crippen LogP contribution is 2.26. The molecule has 0 aliphatic rings. The highest BCUT2D eigenvalue weighted by Gasteiger charge is 2.07. The minimum atomic E-state index is -2.54. The number of benzene rings is 2. The van der Waals surface area contributed by atoms with Crippen LogP contribution in [0.1, 0.15) is 29.1 Å². The Morgan fingerprint density at radius 3 is 2.61 bits per heavy atom. The van der Waals surface area contributed by atoms with Crippen LogP contribution in [0.3, 0.4) is 0 Å². The average molecular weight is 371 g/mol. The Bertz CT molecular complexity index is 1250. The SMILES string of the molecule is [2H]C([2H])c1cc(/C=C/C#N)cc(C([2H])([2H])[2H])c1Nc1ccnc(Nc2ccc(C#N)cc2)n1. The van der Waals surface area contributed by atoms with Crippen LogP contribution in [0.25, 0.3) is 6.08 Å². The second-order valence-electron chi connectivity index (χ2n) is 5.70. The van der Waals surface area contributed by atoms with Gasteiger partial charge in [-0.1, -0.05) is 0 Å². The monoisotopic (exact) mass is 371 g/mol. The fourth-order valence-electron chi connectivity index (χ4n) is 2.43. The summed E-state index contributed by atoms with van der Waals surface area (Å²) < 4.78 is 39.6. The minimum Gasteiger partial charge on any atom is -0.340 e. The van der Waals surface area contributed by atoms with Crippen molar-refractivity contribution in [1.82, 2.24) is 9.97 Å². The van der Waals surface area contributed by atoms with Gasteiger partial charge in [-0.15, -0.1) is 0 Å². The van der Waals surface area contributed by atoms with Crippen molar-refractivity contribution in [3.63, 3.8) is 0 Å². The molecular formula is C22H18N6. The van der Waals surface area contributed by atoms with Crippen molar-refractivity contribution >= 4 is 29.2 Å². The van der Waals surface area contributed by atoms with Crippen LogP contribution in [-0.2, 0) is 0 Å². The van der Waals surface area contributed by atoms with Gasteiger partial charge < -0.3 is 10.6 Å². The molecule has 136 valence electrons. The van der Waals surface area contributed by atoms with E-state index < -0.39 is 13.7 Å². The molecule has 3 aromatic rings. The lowest BCUT2D eigenvalue weighted by Crippen LogP contribution is -2.02. The van der Waals surface area contributed by atoms with Gasteiger partial charge in [0.05, 0.1) is 17.7 Å². The molecule has 0 atom stereocenters. The Kier molecular flexibility index (Phi) is 3.96. The molecule has 0 amide bonds. The average Bonchev–Trinajstić information content (AvgIpc) is 2.78. The van der Waals surface area contributed by atoms with E-state index in [9.17, 15) is 0 Å². The Balaban J connectivity index is 1.99. The van der Waals surface area contributed by atoms with Gasteiger partial charge in [-0.2, -0.15) is 15.5 Å². The molecule has 0 aliphatic heterocycles. The maximum absolute atomic E-state index is 8.91. The zero-order chi connectivity index (χ0) is 24.0. The Hall–Kier alpha value is -4.16. The number of nitrogens with zero attached hydrogens (tertiary/aromatic N) is 4. The highest BCUT2D eigenvalue weighted by molar-refractivity contribution is 5.69. The Morgan fingerprint density at radius 2 is 1.89 bits per heavy atom. The van der Waals surface area contributed by atoms with E-state index in [1.54, 1.807) is 24.3 Å². The molecule has 3 rings (SSSR count). The van der Waals surface area contributed by atoms with Crippen LogP contribution in [0.2, 0.25) is 0 Å². The van der Waals surface area contributed by atoms with Crippen molar-refractivity contribution in [3.8, 4) is 12.1 Å². The smallest absolute Gasteiger partial charge is 0.229 e. The fourth-order valence-corrected chi connectivity index (χ4v) is 2.43. The van der Waals surface area contributed by atoms with Crippen LogP contribution >= 0.6 is 0 Å². The van der Waals surface area contributed by atoms with Gasteiger partial charge in [-0.3, -0.25) is 0 Å². The van der Waals surface area contributed by atoms with Gasteiger partial charge >= 0.3 is 0 Å². The summed E-state index contributed by atoms with van der Waals surface area (Å²) in [6, 6.07) is 15.0. The molecule has 0 fully saturated rings. The molecule has 0 radical (unpaired) electrons. The number of nitriles is 2. The van der Waals surface area contributed by atoms with E-state index in [1.165, 1.54) is 36.5 Å². The molecule has 2 N–H and O–H groups in total. The summed E-state index contributed by atoms with van der Waals surface area (Å²) in [4.78, 5) is 8.48. The van der Waals surface area contributed by atoms with Crippen LogP contribution in [-0.4, -0.2) is 9.97 Å². The van der Waals surface area contributed by atoms with Crippen molar-refractivity contribution in [2.45, 2.75) is 13.7 Å². The number of aromatic nitrogens is 2. The first-order chi connectivity index (χ1) is 15.7. The van der Waals surface area contributed by atoms with Crippen LogP contribution in [0.4, 0.5) is 23.1 Å². The molecule has 1 heterocycles. The molecule has 0 saturated carbocycles. The first-order valence-electron chi connectivity index (χ1n) is 10.8. The largest absolute Gasteiger partial charge is 0.340 e. The van der Waals surface area contributed by atoms with E-state index in [2.05, 4.69) is 20.6 Å². The zero-order valence-electron chi connectivity index (χ0n) is 19.6. The number of anilines is 4. The Morgan fingerprint density at radius 1 is 1.07 bits per heavy atom. The summed E-state index contributed by atoms with van der Waals surface area (Å²) in [5.74, 6) is 0.484. The van der Waals surface area contributed by atoms with Crippen molar-refractivity contribution in [3.05, 3.63) is 77.0 Å². The topological polar surface area (TPSA) is 97.4 Å². The fraction of sp³-hybridized carbons (Fsp3) is 0.0909. The summed E-state index contributed by atoms with van der Waals surface area (Å²) in [6.45, 7) is -4.03. The van der Waals surface area contributed by atoms with E-state index in [1.807, 2.05) is 12.1 Å². The van der Waals surface area contributed by atoms with Crippen molar-refractivity contribution < 1.29 is 6.85 Å². The predicted molar refractivity (Wildman–Crippen MR) is 110 cm³/mol. The number of nitrogens with one attached hydrogen (secondary N) is 2.